The van der Waals surface area contributed by atoms with Crippen molar-refractivity contribution in [1.82, 2.24) is 24.6 Å². The Morgan fingerprint density at radius 3 is 2.46 bits per heavy atom. The number of amides is 1. The van der Waals surface area contributed by atoms with Gasteiger partial charge in [0.15, 0.2) is 5.65 Å². The number of carbonyl (C=O) groups is 2. The third-order valence-corrected chi connectivity index (χ3v) is 7.05. The van der Waals surface area contributed by atoms with Gasteiger partial charge in [-0.25, -0.2) is 9.67 Å². The number of benzene rings is 1. The second kappa shape index (κ2) is 10.8. The number of nitrogens with two attached hydrogens (primary N) is 1. The van der Waals surface area contributed by atoms with Crippen LogP contribution in [-0.4, -0.2) is 89.1 Å². The van der Waals surface area contributed by atoms with E-state index in [1.54, 1.807) is 6.92 Å². The first-order valence-corrected chi connectivity index (χ1v) is 12.7. The van der Waals surface area contributed by atoms with Gasteiger partial charge in [-0.2, -0.15) is 10.1 Å². The number of likely N-dealkylation sites (tertiary alicyclic amines) is 1. The van der Waals surface area contributed by atoms with Gasteiger partial charge in [-0.3, -0.25) is 9.59 Å². The number of morpholine rings is 1. The molecule has 2 saturated heterocycles. The molecule has 2 fully saturated rings. The molecule has 1 amide bonds. The summed E-state index contributed by atoms with van der Waals surface area (Å²) < 4.78 is 12.3. The van der Waals surface area contributed by atoms with Crippen molar-refractivity contribution in [2.75, 3.05) is 51.4 Å². The van der Waals surface area contributed by atoms with Gasteiger partial charge in [0.25, 0.3) is 0 Å². The normalized spacial score (nSPS) is 17.7. The van der Waals surface area contributed by atoms with Crippen LogP contribution in [0.5, 0.6) is 0 Å². The number of anilines is 1. The van der Waals surface area contributed by atoms with Crippen LogP contribution in [0, 0.1) is 0 Å². The lowest BCUT2D eigenvalue weighted by atomic mass is 10.0. The van der Waals surface area contributed by atoms with Gasteiger partial charge < -0.3 is 25.0 Å². The summed E-state index contributed by atoms with van der Waals surface area (Å²) in [7, 11) is 1.39. The molecule has 5 rings (SSSR count). The molecule has 0 radical (unpaired) electrons. The molecule has 4 heterocycles. The molecule has 1 aromatic carbocycles. The summed E-state index contributed by atoms with van der Waals surface area (Å²) in [5, 5.41) is 5.61. The van der Waals surface area contributed by atoms with Crippen LogP contribution in [0.1, 0.15) is 31.4 Å². The number of hydrogen-bond donors (Lipinski definition) is 1. The van der Waals surface area contributed by atoms with Crippen molar-refractivity contribution >= 4 is 28.9 Å². The fourth-order valence-electron chi connectivity index (χ4n) is 4.94. The molecule has 37 heavy (non-hydrogen) atoms. The van der Waals surface area contributed by atoms with Gasteiger partial charge in [-0.05, 0) is 25.3 Å². The van der Waals surface area contributed by atoms with Crippen molar-refractivity contribution in [3.8, 4) is 11.3 Å². The predicted octanol–water partition coefficient (Wildman–Crippen LogP) is 1.56. The van der Waals surface area contributed by atoms with Crippen molar-refractivity contribution in [3.05, 3.63) is 36.0 Å². The first kappa shape index (κ1) is 25.1. The number of aromatic nitrogens is 4. The van der Waals surface area contributed by atoms with Crippen LogP contribution in [0.4, 0.5) is 5.95 Å². The standard InChI is InChI=1S/C26H33N7O4/c1-17(27)25(35)31-9-7-20(8-10-31)33-24-21(16-28-33)23(29-26(30-24)32-11-13-37-14-12-32)19-5-3-18(4-6-19)15-22(34)36-2/h3-6,16-17,20H,7-15,27H2,1-2H3/t17-/m0/s1. The SMILES string of the molecule is COC(=O)Cc1ccc(-c2nc(N3CCOCC3)nc3c2cnn3C2CCN(C(=O)[C@H](C)N)CC2)cc1. The van der Waals surface area contributed by atoms with E-state index in [-0.39, 0.29) is 24.3 Å². The molecule has 196 valence electrons. The van der Waals surface area contributed by atoms with Gasteiger partial charge in [0.1, 0.15) is 0 Å². The molecule has 0 bridgehead atoms. The molecule has 0 unspecified atom stereocenters. The second-order valence-corrected chi connectivity index (χ2v) is 9.59. The van der Waals surface area contributed by atoms with Gasteiger partial charge in [-0.1, -0.05) is 24.3 Å². The number of carbonyl (C=O) groups excluding carboxylic acids is 2. The molecule has 0 spiro atoms. The maximum Gasteiger partial charge on any atom is 0.309 e. The molecule has 11 nitrogen and oxygen atoms in total. The minimum Gasteiger partial charge on any atom is -0.469 e. The summed E-state index contributed by atoms with van der Waals surface area (Å²) in [6.45, 7) is 5.70. The number of esters is 1. The molecule has 2 N–H and O–H groups in total. The van der Waals surface area contributed by atoms with E-state index in [0.717, 1.165) is 53.8 Å². The quantitative estimate of drug-likeness (QED) is 0.494. The molecular weight excluding hydrogens is 474 g/mol. The monoisotopic (exact) mass is 507 g/mol. The third kappa shape index (κ3) is 5.28. The minimum absolute atomic E-state index is 0.0152. The van der Waals surface area contributed by atoms with Crippen LogP contribution in [0.2, 0.25) is 0 Å². The highest BCUT2D eigenvalue weighted by atomic mass is 16.5. The zero-order valence-electron chi connectivity index (χ0n) is 21.3. The highest BCUT2D eigenvalue weighted by Crippen LogP contribution is 2.32. The fraction of sp³-hybridized carbons (Fsp3) is 0.500. The molecule has 2 aliphatic heterocycles. The van der Waals surface area contributed by atoms with Gasteiger partial charge in [0, 0.05) is 31.7 Å². The topological polar surface area (TPSA) is 129 Å². The number of nitrogens with zero attached hydrogens (tertiary/aromatic N) is 6. The molecular formula is C26H33N7O4. The predicted molar refractivity (Wildman–Crippen MR) is 138 cm³/mol. The Morgan fingerprint density at radius 1 is 1.11 bits per heavy atom. The lowest BCUT2D eigenvalue weighted by Gasteiger charge is -2.33. The number of fused-ring (bicyclic) bond motifs is 1. The smallest absolute Gasteiger partial charge is 0.309 e. The van der Waals surface area contributed by atoms with Gasteiger partial charge >= 0.3 is 5.97 Å². The Labute approximate surface area is 215 Å². The van der Waals surface area contributed by atoms with E-state index in [1.807, 2.05) is 40.0 Å². The van der Waals surface area contributed by atoms with Crippen LogP contribution in [0.3, 0.4) is 0 Å². The van der Waals surface area contributed by atoms with Crippen molar-refractivity contribution < 1.29 is 19.1 Å². The van der Waals surface area contributed by atoms with Gasteiger partial charge in [0.05, 0.1) is 56.1 Å². The first-order valence-electron chi connectivity index (χ1n) is 12.7. The van der Waals surface area contributed by atoms with Gasteiger partial charge in [0.2, 0.25) is 11.9 Å². The van der Waals surface area contributed by atoms with Crippen molar-refractivity contribution in [1.29, 1.82) is 0 Å². The van der Waals surface area contributed by atoms with E-state index in [9.17, 15) is 9.59 Å². The van der Waals surface area contributed by atoms with Crippen LogP contribution in [0.25, 0.3) is 22.3 Å². The van der Waals surface area contributed by atoms with Gasteiger partial charge in [-0.15, -0.1) is 0 Å². The number of ether oxygens (including phenoxy) is 2. The molecule has 11 heteroatoms. The minimum atomic E-state index is -0.493. The van der Waals surface area contributed by atoms with Crippen molar-refractivity contribution in [2.24, 2.45) is 5.73 Å². The largest absolute Gasteiger partial charge is 0.469 e. The maximum absolute atomic E-state index is 12.3. The molecule has 0 saturated carbocycles. The number of rotatable bonds is 6. The fourth-order valence-corrected chi connectivity index (χ4v) is 4.94. The van der Waals surface area contributed by atoms with E-state index in [4.69, 9.17) is 30.3 Å². The Hall–Kier alpha value is -3.57. The summed E-state index contributed by atoms with van der Waals surface area (Å²) in [4.78, 5) is 37.9. The number of hydrogen-bond acceptors (Lipinski definition) is 9. The average molecular weight is 508 g/mol. The van der Waals surface area contributed by atoms with Crippen LogP contribution < -0.4 is 10.6 Å². The molecule has 0 aliphatic carbocycles. The summed E-state index contributed by atoms with van der Waals surface area (Å²) in [6, 6.07) is 7.41. The molecule has 2 aliphatic rings. The zero-order valence-corrected chi connectivity index (χ0v) is 21.3. The Morgan fingerprint density at radius 2 is 1.81 bits per heavy atom. The van der Waals surface area contributed by atoms with Crippen LogP contribution in [0.15, 0.2) is 30.5 Å². The lowest BCUT2D eigenvalue weighted by Crippen LogP contribution is -2.46. The van der Waals surface area contributed by atoms with E-state index < -0.39 is 6.04 Å². The summed E-state index contributed by atoms with van der Waals surface area (Å²) in [5.74, 6) is 0.358. The van der Waals surface area contributed by atoms with E-state index in [2.05, 4.69) is 4.90 Å². The van der Waals surface area contributed by atoms with Crippen molar-refractivity contribution in [2.45, 2.75) is 38.3 Å². The summed E-state index contributed by atoms with van der Waals surface area (Å²) in [5.41, 5.74) is 9.18. The first-order chi connectivity index (χ1) is 17.9. The highest BCUT2D eigenvalue weighted by molar-refractivity contribution is 5.91. The van der Waals surface area contributed by atoms with Crippen molar-refractivity contribution in [3.63, 3.8) is 0 Å². The lowest BCUT2D eigenvalue weighted by molar-refractivity contribution is -0.139. The van der Waals surface area contributed by atoms with E-state index in [0.29, 0.717) is 32.3 Å². The third-order valence-electron chi connectivity index (χ3n) is 7.05. The Kier molecular flexibility index (Phi) is 7.33. The highest BCUT2D eigenvalue weighted by Gasteiger charge is 2.28. The molecule has 3 aromatic rings. The summed E-state index contributed by atoms with van der Waals surface area (Å²) >= 11 is 0. The van der Waals surface area contributed by atoms with E-state index in [1.165, 1.54) is 7.11 Å². The van der Waals surface area contributed by atoms with E-state index >= 15 is 0 Å². The molecule has 1 atom stereocenters. The second-order valence-electron chi connectivity index (χ2n) is 9.59. The number of methoxy groups -OCH3 is 1. The van der Waals surface area contributed by atoms with Crippen LogP contribution in [-0.2, 0) is 25.5 Å². The van der Waals surface area contributed by atoms with Crippen LogP contribution >= 0.6 is 0 Å². The average Bonchev–Trinajstić information content (AvgIpc) is 3.37. The zero-order chi connectivity index (χ0) is 25.9. The molecule has 2 aromatic heterocycles. The maximum atomic E-state index is 12.3. The number of piperidine rings is 1. The Bertz CT molecular complexity index is 1260. The Balaban J connectivity index is 1.49. The summed E-state index contributed by atoms with van der Waals surface area (Å²) in [6.07, 6.45) is 3.61.